The number of oxazole rings is 1. The van der Waals surface area contributed by atoms with Gasteiger partial charge in [0.1, 0.15) is 5.76 Å². The minimum atomic E-state index is -0.0585. The lowest BCUT2D eigenvalue weighted by molar-refractivity contribution is -0.120. The standard InChI is InChI=1S/C16H29N5O2/c1-6-8-18-13(22)7-9-19-15(17-5)21-11-14-20-10-12(23-14)16(2,3)4/h10H,6-9,11H2,1-5H3,(H,18,22)(H2,17,19,21). The highest BCUT2D eigenvalue weighted by Gasteiger charge is 2.19. The molecular weight excluding hydrogens is 294 g/mol. The van der Waals surface area contributed by atoms with Crippen LogP contribution in [0, 0.1) is 0 Å². The second-order valence-electron chi connectivity index (χ2n) is 6.32. The number of nitrogens with one attached hydrogen (secondary N) is 3. The summed E-state index contributed by atoms with van der Waals surface area (Å²) in [5.74, 6) is 2.12. The number of rotatable bonds is 7. The summed E-state index contributed by atoms with van der Waals surface area (Å²) in [6.07, 6.45) is 3.11. The highest BCUT2D eigenvalue weighted by Crippen LogP contribution is 2.22. The third-order valence-corrected chi connectivity index (χ3v) is 3.14. The second-order valence-corrected chi connectivity index (χ2v) is 6.32. The van der Waals surface area contributed by atoms with Crippen molar-refractivity contribution in [2.75, 3.05) is 20.1 Å². The van der Waals surface area contributed by atoms with Gasteiger partial charge < -0.3 is 20.4 Å². The largest absolute Gasteiger partial charge is 0.443 e. The molecule has 1 heterocycles. The molecule has 0 saturated heterocycles. The lowest BCUT2D eigenvalue weighted by atomic mass is 9.94. The Bertz CT molecular complexity index is 517. The maximum absolute atomic E-state index is 11.5. The first kappa shape index (κ1) is 19.0. The number of nitrogens with zero attached hydrogens (tertiary/aromatic N) is 2. The van der Waals surface area contributed by atoms with Gasteiger partial charge in [0.25, 0.3) is 0 Å². The van der Waals surface area contributed by atoms with Crippen LogP contribution in [-0.4, -0.2) is 37.0 Å². The van der Waals surface area contributed by atoms with Crippen LogP contribution in [-0.2, 0) is 16.8 Å². The fraction of sp³-hybridized carbons (Fsp3) is 0.688. The number of amides is 1. The van der Waals surface area contributed by atoms with Crippen LogP contribution in [0.4, 0.5) is 0 Å². The average molecular weight is 323 g/mol. The molecule has 1 rings (SSSR count). The zero-order valence-electron chi connectivity index (χ0n) is 14.8. The van der Waals surface area contributed by atoms with Crippen LogP contribution in [0.1, 0.15) is 52.2 Å². The molecule has 7 nitrogen and oxygen atoms in total. The van der Waals surface area contributed by atoms with Gasteiger partial charge in [0.2, 0.25) is 11.8 Å². The molecule has 0 saturated carbocycles. The number of aromatic nitrogens is 1. The van der Waals surface area contributed by atoms with Crippen molar-refractivity contribution in [2.24, 2.45) is 4.99 Å². The van der Waals surface area contributed by atoms with Crippen molar-refractivity contribution in [3.8, 4) is 0 Å². The first-order valence-corrected chi connectivity index (χ1v) is 8.03. The molecule has 0 atom stereocenters. The second kappa shape index (κ2) is 9.17. The first-order chi connectivity index (χ1) is 10.9. The first-order valence-electron chi connectivity index (χ1n) is 8.03. The summed E-state index contributed by atoms with van der Waals surface area (Å²) in [5, 5.41) is 9.05. The minimum Gasteiger partial charge on any atom is -0.443 e. The van der Waals surface area contributed by atoms with Crippen LogP contribution in [0.5, 0.6) is 0 Å². The van der Waals surface area contributed by atoms with Crippen molar-refractivity contribution in [1.82, 2.24) is 20.9 Å². The summed E-state index contributed by atoms with van der Waals surface area (Å²) >= 11 is 0. The molecule has 0 fully saturated rings. The number of hydrogen-bond acceptors (Lipinski definition) is 4. The molecule has 0 aliphatic rings. The van der Waals surface area contributed by atoms with Gasteiger partial charge in [-0.2, -0.15) is 0 Å². The van der Waals surface area contributed by atoms with Gasteiger partial charge >= 0.3 is 0 Å². The number of guanidine groups is 1. The van der Waals surface area contributed by atoms with E-state index in [2.05, 4.69) is 46.7 Å². The Balaban J connectivity index is 2.34. The molecule has 0 aromatic carbocycles. The third kappa shape index (κ3) is 7.17. The smallest absolute Gasteiger partial charge is 0.221 e. The van der Waals surface area contributed by atoms with Gasteiger partial charge in [-0.25, -0.2) is 4.98 Å². The van der Waals surface area contributed by atoms with Gasteiger partial charge in [-0.3, -0.25) is 9.79 Å². The fourth-order valence-corrected chi connectivity index (χ4v) is 1.77. The predicted octanol–water partition coefficient (Wildman–Crippen LogP) is 1.55. The zero-order valence-corrected chi connectivity index (χ0v) is 14.8. The van der Waals surface area contributed by atoms with E-state index in [0.717, 1.165) is 12.2 Å². The summed E-state index contributed by atoms with van der Waals surface area (Å²) in [6, 6.07) is 0. The number of aliphatic imine (C=N–C) groups is 1. The van der Waals surface area contributed by atoms with Gasteiger partial charge in [0.05, 0.1) is 12.7 Å². The zero-order chi connectivity index (χ0) is 17.3. The molecule has 0 aliphatic heterocycles. The monoisotopic (exact) mass is 323 g/mol. The van der Waals surface area contributed by atoms with Crippen molar-refractivity contribution in [3.05, 3.63) is 17.8 Å². The quantitative estimate of drug-likeness (QED) is 0.523. The molecule has 1 aromatic rings. The SMILES string of the molecule is CCCNC(=O)CCNC(=NC)NCc1ncc(C(C)(C)C)o1. The highest BCUT2D eigenvalue weighted by molar-refractivity contribution is 5.81. The Morgan fingerprint density at radius 3 is 2.57 bits per heavy atom. The predicted molar refractivity (Wildman–Crippen MR) is 91.3 cm³/mol. The van der Waals surface area contributed by atoms with E-state index < -0.39 is 0 Å². The molecule has 0 bridgehead atoms. The highest BCUT2D eigenvalue weighted by atomic mass is 16.4. The van der Waals surface area contributed by atoms with E-state index in [1.54, 1.807) is 13.2 Å². The molecule has 130 valence electrons. The van der Waals surface area contributed by atoms with Crippen LogP contribution in [0.3, 0.4) is 0 Å². The molecule has 1 amide bonds. The summed E-state index contributed by atoms with van der Waals surface area (Å²) in [5.41, 5.74) is -0.0585. The van der Waals surface area contributed by atoms with Gasteiger partial charge in [0.15, 0.2) is 5.96 Å². The molecule has 0 unspecified atom stereocenters. The van der Waals surface area contributed by atoms with Crippen molar-refractivity contribution >= 4 is 11.9 Å². The molecule has 3 N–H and O–H groups in total. The number of carbonyl (C=O) groups is 1. The normalized spacial score (nSPS) is 12.1. The van der Waals surface area contributed by atoms with Crippen LogP contribution >= 0.6 is 0 Å². The summed E-state index contributed by atoms with van der Waals surface area (Å²) in [4.78, 5) is 19.9. The lowest BCUT2D eigenvalue weighted by Gasteiger charge is -2.13. The fourth-order valence-electron chi connectivity index (χ4n) is 1.77. The van der Waals surface area contributed by atoms with Crippen molar-refractivity contribution in [2.45, 2.75) is 52.5 Å². The lowest BCUT2D eigenvalue weighted by Crippen LogP contribution is -2.39. The Kier molecular flexibility index (Phi) is 7.57. The Hall–Kier alpha value is -2.05. The maximum atomic E-state index is 11.5. The molecule has 7 heteroatoms. The summed E-state index contributed by atoms with van der Waals surface area (Å²) < 4.78 is 5.71. The molecule has 1 aromatic heterocycles. The molecule has 0 spiro atoms. The van der Waals surface area contributed by atoms with Gasteiger partial charge in [-0.05, 0) is 6.42 Å². The summed E-state index contributed by atoms with van der Waals surface area (Å²) in [7, 11) is 1.68. The van der Waals surface area contributed by atoms with Gasteiger partial charge in [0, 0.05) is 32.0 Å². The minimum absolute atomic E-state index is 0.0392. The summed E-state index contributed by atoms with van der Waals surface area (Å²) in [6.45, 7) is 9.94. The van der Waals surface area contributed by atoms with Crippen LogP contribution in [0.2, 0.25) is 0 Å². The molecular formula is C16H29N5O2. The van der Waals surface area contributed by atoms with Gasteiger partial charge in [-0.15, -0.1) is 0 Å². The Morgan fingerprint density at radius 2 is 2.00 bits per heavy atom. The molecule has 0 aliphatic carbocycles. The van der Waals surface area contributed by atoms with Crippen LogP contribution < -0.4 is 16.0 Å². The van der Waals surface area contributed by atoms with E-state index >= 15 is 0 Å². The van der Waals surface area contributed by atoms with Crippen molar-refractivity contribution in [1.29, 1.82) is 0 Å². The van der Waals surface area contributed by atoms with E-state index in [-0.39, 0.29) is 11.3 Å². The van der Waals surface area contributed by atoms with E-state index in [1.165, 1.54) is 0 Å². The van der Waals surface area contributed by atoms with Crippen LogP contribution in [0.15, 0.2) is 15.6 Å². The van der Waals surface area contributed by atoms with Gasteiger partial charge in [-0.1, -0.05) is 27.7 Å². The van der Waals surface area contributed by atoms with Crippen molar-refractivity contribution < 1.29 is 9.21 Å². The average Bonchev–Trinajstić information content (AvgIpc) is 2.97. The maximum Gasteiger partial charge on any atom is 0.221 e. The molecule has 0 radical (unpaired) electrons. The van der Waals surface area contributed by atoms with E-state index in [0.29, 0.717) is 37.9 Å². The van der Waals surface area contributed by atoms with E-state index in [9.17, 15) is 4.79 Å². The molecule has 23 heavy (non-hydrogen) atoms. The van der Waals surface area contributed by atoms with Crippen molar-refractivity contribution in [3.63, 3.8) is 0 Å². The topological polar surface area (TPSA) is 91.5 Å². The third-order valence-electron chi connectivity index (χ3n) is 3.14. The Morgan fingerprint density at radius 1 is 1.26 bits per heavy atom. The Labute approximate surface area is 138 Å². The van der Waals surface area contributed by atoms with E-state index in [1.807, 2.05) is 6.92 Å². The van der Waals surface area contributed by atoms with E-state index in [4.69, 9.17) is 4.42 Å². The number of hydrogen-bond donors (Lipinski definition) is 3. The number of carbonyl (C=O) groups excluding carboxylic acids is 1. The van der Waals surface area contributed by atoms with Crippen LogP contribution in [0.25, 0.3) is 0 Å².